The Morgan fingerprint density at radius 3 is 2.83 bits per heavy atom. The molecule has 3 nitrogen and oxygen atoms in total. The van der Waals surface area contributed by atoms with Gasteiger partial charge >= 0.3 is 5.97 Å². The maximum Gasteiger partial charge on any atom is 0.325 e. The fourth-order valence-corrected chi connectivity index (χ4v) is 1.98. The van der Waals surface area contributed by atoms with Gasteiger partial charge < -0.3 is 10.5 Å². The molecule has 2 atom stereocenters. The highest BCUT2D eigenvalue weighted by Gasteiger charge is 2.38. The second-order valence-electron chi connectivity index (χ2n) is 3.85. The first-order valence-corrected chi connectivity index (χ1v) is 4.46. The van der Waals surface area contributed by atoms with Crippen molar-refractivity contribution in [3.63, 3.8) is 0 Å². The molecule has 0 unspecified atom stereocenters. The van der Waals surface area contributed by atoms with Crippen LogP contribution in [0, 0.1) is 5.92 Å². The van der Waals surface area contributed by atoms with Crippen LogP contribution in [0.4, 0.5) is 0 Å². The van der Waals surface area contributed by atoms with Gasteiger partial charge in [-0.15, -0.1) is 0 Å². The van der Waals surface area contributed by atoms with E-state index in [1.165, 1.54) is 13.5 Å². The molecule has 1 aliphatic carbocycles. The minimum absolute atomic E-state index is 0.256. The quantitative estimate of drug-likeness (QED) is 0.600. The van der Waals surface area contributed by atoms with E-state index in [0.717, 1.165) is 19.3 Å². The van der Waals surface area contributed by atoms with Gasteiger partial charge in [-0.2, -0.15) is 0 Å². The van der Waals surface area contributed by atoms with Gasteiger partial charge in [0.1, 0.15) is 5.54 Å². The molecule has 12 heavy (non-hydrogen) atoms. The maximum atomic E-state index is 11.3. The number of nitrogens with two attached hydrogens (primary N) is 1. The highest BCUT2D eigenvalue weighted by Crippen LogP contribution is 2.30. The normalized spacial score (nSPS) is 36.1. The number of rotatable bonds is 1. The van der Waals surface area contributed by atoms with Crippen molar-refractivity contribution < 1.29 is 9.53 Å². The van der Waals surface area contributed by atoms with Gasteiger partial charge in [0.2, 0.25) is 0 Å². The summed E-state index contributed by atoms with van der Waals surface area (Å²) >= 11 is 0. The predicted molar refractivity (Wildman–Crippen MR) is 46.6 cm³/mol. The average molecular weight is 171 g/mol. The van der Waals surface area contributed by atoms with Crippen LogP contribution < -0.4 is 5.73 Å². The second kappa shape index (κ2) is 3.44. The first kappa shape index (κ1) is 9.52. The van der Waals surface area contributed by atoms with Crippen LogP contribution in [-0.4, -0.2) is 18.6 Å². The summed E-state index contributed by atoms with van der Waals surface area (Å²) in [5.74, 6) is 0.289. The van der Waals surface area contributed by atoms with E-state index >= 15 is 0 Å². The SMILES string of the molecule is COC(=O)[C@]1(N)CCC[C@H](C)C1. The Hall–Kier alpha value is -0.570. The molecule has 70 valence electrons. The number of hydrogen-bond acceptors (Lipinski definition) is 3. The summed E-state index contributed by atoms with van der Waals surface area (Å²) in [4.78, 5) is 11.3. The summed E-state index contributed by atoms with van der Waals surface area (Å²) in [6.07, 6.45) is 3.74. The number of esters is 1. The fraction of sp³-hybridized carbons (Fsp3) is 0.889. The third-order valence-corrected chi connectivity index (χ3v) is 2.62. The van der Waals surface area contributed by atoms with Crippen LogP contribution in [-0.2, 0) is 9.53 Å². The van der Waals surface area contributed by atoms with Crippen molar-refractivity contribution in [1.29, 1.82) is 0 Å². The molecule has 0 aliphatic heterocycles. The van der Waals surface area contributed by atoms with E-state index in [0.29, 0.717) is 5.92 Å². The fourth-order valence-electron chi connectivity index (χ4n) is 1.98. The second-order valence-corrected chi connectivity index (χ2v) is 3.85. The first-order chi connectivity index (χ1) is 5.58. The summed E-state index contributed by atoms with van der Waals surface area (Å²) in [6, 6.07) is 0. The molecule has 3 heteroatoms. The zero-order valence-corrected chi connectivity index (χ0v) is 7.80. The predicted octanol–water partition coefficient (Wildman–Crippen LogP) is 1.07. The molecule has 0 amide bonds. The number of carbonyl (C=O) groups excluding carboxylic acids is 1. The van der Waals surface area contributed by atoms with Crippen LogP contribution >= 0.6 is 0 Å². The Morgan fingerprint density at radius 1 is 1.67 bits per heavy atom. The third kappa shape index (κ3) is 1.78. The zero-order valence-electron chi connectivity index (χ0n) is 7.80. The molecule has 0 radical (unpaired) electrons. The van der Waals surface area contributed by atoms with Crippen molar-refractivity contribution in [3.05, 3.63) is 0 Å². The van der Waals surface area contributed by atoms with E-state index in [1.807, 2.05) is 0 Å². The Morgan fingerprint density at radius 2 is 2.33 bits per heavy atom. The summed E-state index contributed by atoms with van der Waals surface area (Å²) in [5.41, 5.74) is 5.23. The number of ether oxygens (including phenoxy) is 1. The molecule has 1 fully saturated rings. The summed E-state index contributed by atoms with van der Waals surface area (Å²) in [6.45, 7) is 2.13. The van der Waals surface area contributed by atoms with Gasteiger partial charge in [0.15, 0.2) is 0 Å². The molecular formula is C9H17NO2. The lowest BCUT2D eigenvalue weighted by atomic mass is 9.77. The lowest BCUT2D eigenvalue weighted by Gasteiger charge is -2.33. The molecule has 1 rings (SSSR count). The van der Waals surface area contributed by atoms with Crippen molar-refractivity contribution in [2.24, 2.45) is 11.7 Å². The molecule has 1 saturated carbocycles. The highest BCUT2D eigenvalue weighted by molar-refractivity contribution is 5.80. The Balaban J connectivity index is 2.63. The van der Waals surface area contributed by atoms with Gasteiger partial charge in [0.05, 0.1) is 7.11 Å². The molecule has 1 aliphatic rings. The Bertz CT molecular complexity index is 181. The minimum atomic E-state index is -0.702. The van der Waals surface area contributed by atoms with Crippen molar-refractivity contribution >= 4 is 5.97 Å². The van der Waals surface area contributed by atoms with Gasteiger partial charge in [-0.25, -0.2) is 0 Å². The van der Waals surface area contributed by atoms with E-state index in [9.17, 15) is 4.79 Å². The van der Waals surface area contributed by atoms with Crippen LogP contribution in [0.25, 0.3) is 0 Å². The monoisotopic (exact) mass is 171 g/mol. The number of methoxy groups -OCH3 is 1. The molecule has 0 heterocycles. The van der Waals surface area contributed by atoms with Gasteiger partial charge in [-0.05, 0) is 18.8 Å². The average Bonchev–Trinajstić information content (AvgIpc) is 2.02. The molecule has 2 N–H and O–H groups in total. The lowest BCUT2D eigenvalue weighted by molar-refractivity contribution is -0.149. The Labute approximate surface area is 73.3 Å². The number of hydrogen-bond donors (Lipinski definition) is 1. The summed E-state index contributed by atoms with van der Waals surface area (Å²) in [5, 5.41) is 0. The summed E-state index contributed by atoms with van der Waals surface area (Å²) < 4.78 is 4.68. The van der Waals surface area contributed by atoms with Crippen molar-refractivity contribution in [1.82, 2.24) is 0 Å². The van der Waals surface area contributed by atoms with E-state index in [-0.39, 0.29) is 5.97 Å². The van der Waals surface area contributed by atoms with Crippen molar-refractivity contribution in [3.8, 4) is 0 Å². The molecule has 0 aromatic rings. The zero-order chi connectivity index (χ0) is 9.19. The van der Waals surface area contributed by atoms with Crippen LogP contribution in [0.15, 0.2) is 0 Å². The number of carbonyl (C=O) groups is 1. The van der Waals surface area contributed by atoms with Crippen molar-refractivity contribution in [2.45, 2.75) is 38.1 Å². The van der Waals surface area contributed by atoms with Gasteiger partial charge in [-0.1, -0.05) is 19.8 Å². The van der Waals surface area contributed by atoms with Gasteiger partial charge in [0.25, 0.3) is 0 Å². The van der Waals surface area contributed by atoms with Crippen LogP contribution in [0.5, 0.6) is 0 Å². The van der Waals surface area contributed by atoms with Gasteiger partial charge in [-0.3, -0.25) is 4.79 Å². The van der Waals surface area contributed by atoms with E-state index in [1.54, 1.807) is 0 Å². The van der Waals surface area contributed by atoms with Crippen LogP contribution in [0.2, 0.25) is 0 Å². The van der Waals surface area contributed by atoms with E-state index in [2.05, 4.69) is 11.7 Å². The first-order valence-electron chi connectivity index (χ1n) is 4.46. The minimum Gasteiger partial charge on any atom is -0.468 e. The van der Waals surface area contributed by atoms with E-state index in [4.69, 9.17) is 5.73 Å². The standard InChI is InChI=1S/C9H17NO2/c1-7-4-3-5-9(10,6-7)8(11)12-2/h7H,3-6,10H2,1-2H3/t7-,9-/m0/s1. The largest absolute Gasteiger partial charge is 0.468 e. The smallest absolute Gasteiger partial charge is 0.325 e. The topological polar surface area (TPSA) is 52.3 Å². The Kier molecular flexibility index (Phi) is 2.73. The molecule has 0 saturated heterocycles. The van der Waals surface area contributed by atoms with E-state index < -0.39 is 5.54 Å². The molecule has 0 spiro atoms. The van der Waals surface area contributed by atoms with Crippen LogP contribution in [0.1, 0.15) is 32.6 Å². The lowest BCUT2D eigenvalue weighted by Crippen LogP contribution is -2.51. The molecule has 0 aromatic carbocycles. The highest BCUT2D eigenvalue weighted by atomic mass is 16.5. The maximum absolute atomic E-state index is 11.3. The van der Waals surface area contributed by atoms with Crippen molar-refractivity contribution in [2.75, 3.05) is 7.11 Å². The molecule has 0 aromatic heterocycles. The van der Waals surface area contributed by atoms with Gasteiger partial charge in [0, 0.05) is 0 Å². The molecular weight excluding hydrogens is 154 g/mol. The van der Waals surface area contributed by atoms with Crippen LogP contribution in [0.3, 0.4) is 0 Å². The molecule has 0 bridgehead atoms. The summed E-state index contributed by atoms with van der Waals surface area (Å²) in [7, 11) is 1.40. The third-order valence-electron chi connectivity index (χ3n) is 2.62.